The number of rotatable bonds is 6. The van der Waals surface area contributed by atoms with Crippen LogP contribution in [0.5, 0.6) is 5.75 Å². The molecule has 1 fully saturated rings. The van der Waals surface area contributed by atoms with E-state index in [1.54, 1.807) is 4.90 Å². The van der Waals surface area contributed by atoms with Crippen molar-refractivity contribution in [1.82, 2.24) is 9.71 Å². The highest BCUT2D eigenvalue weighted by Gasteiger charge is 2.32. The second-order valence-electron chi connectivity index (χ2n) is 7.66. The summed E-state index contributed by atoms with van der Waals surface area (Å²) in [5, 5.41) is 18.6. The number of halogens is 3. The Kier molecular flexibility index (Phi) is 7.20. The van der Waals surface area contributed by atoms with E-state index in [2.05, 4.69) is 9.72 Å². The SMILES string of the molecule is Cc1nc(N2CCC(C(=O)NS(=O)(=O)c3ccc(OC(F)(F)F)cc3)CC2)c(C#N)cc1C(=O)O. The molecule has 35 heavy (non-hydrogen) atoms. The highest BCUT2D eigenvalue weighted by atomic mass is 32.2. The average Bonchev–Trinajstić information content (AvgIpc) is 2.77. The number of aryl methyl sites for hydroxylation is 1. The van der Waals surface area contributed by atoms with Crippen molar-refractivity contribution < 1.29 is 41.0 Å². The van der Waals surface area contributed by atoms with Crippen LogP contribution >= 0.6 is 0 Å². The van der Waals surface area contributed by atoms with Crippen LogP contribution in [0.3, 0.4) is 0 Å². The maximum atomic E-state index is 12.6. The highest BCUT2D eigenvalue weighted by molar-refractivity contribution is 7.90. The van der Waals surface area contributed by atoms with Crippen molar-refractivity contribution in [2.75, 3.05) is 18.0 Å². The third kappa shape index (κ3) is 6.18. The zero-order valence-corrected chi connectivity index (χ0v) is 19.0. The fraction of sp³-hybridized carbons (Fsp3) is 0.333. The van der Waals surface area contributed by atoms with Gasteiger partial charge >= 0.3 is 12.3 Å². The molecule has 14 heteroatoms. The quantitative estimate of drug-likeness (QED) is 0.595. The van der Waals surface area contributed by atoms with Gasteiger partial charge < -0.3 is 14.7 Å². The number of nitriles is 1. The molecule has 1 aliphatic heterocycles. The zero-order valence-electron chi connectivity index (χ0n) is 18.2. The van der Waals surface area contributed by atoms with Crippen molar-refractivity contribution in [1.29, 1.82) is 5.26 Å². The third-order valence-corrected chi connectivity index (χ3v) is 6.67. The van der Waals surface area contributed by atoms with Crippen molar-refractivity contribution in [3.63, 3.8) is 0 Å². The van der Waals surface area contributed by atoms with Crippen molar-refractivity contribution >= 4 is 27.7 Å². The summed E-state index contributed by atoms with van der Waals surface area (Å²) in [6.45, 7) is 2.02. The van der Waals surface area contributed by atoms with E-state index in [-0.39, 0.29) is 48.6 Å². The number of nitrogens with zero attached hydrogens (tertiary/aromatic N) is 3. The van der Waals surface area contributed by atoms with E-state index in [9.17, 15) is 41.5 Å². The molecule has 0 radical (unpaired) electrons. The van der Waals surface area contributed by atoms with Gasteiger partial charge in [0.15, 0.2) is 0 Å². The molecule has 0 spiro atoms. The molecule has 3 rings (SSSR count). The van der Waals surface area contributed by atoms with Gasteiger partial charge in [-0.2, -0.15) is 5.26 Å². The van der Waals surface area contributed by atoms with Crippen molar-refractivity contribution in [3.8, 4) is 11.8 Å². The minimum absolute atomic E-state index is 0.0661. The summed E-state index contributed by atoms with van der Waals surface area (Å²) in [4.78, 5) is 29.4. The van der Waals surface area contributed by atoms with Crippen molar-refractivity contribution in [2.24, 2.45) is 5.92 Å². The number of pyridine rings is 1. The van der Waals surface area contributed by atoms with E-state index in [4.69, 9.17) is 0 Å². The first-order valence-corrected chi connectivity index (χ1v) is 11.6. The van der Waals surface area contributed by atoms with Crippen LogP contribution < -0.4 is 14.4 Å². The Morgan fingerprint density at radius 2 is 1.83 bits per heavy atom. The number of carbonyl (C=O) groups excluding carboxylic acids is 1. The molecule has 10 nitrogen and oxygen atoms in total. The molecule has 0 saturated carbocycles. The van der Waals surface area contributed by atoms with Crippen LogP contribution in [0, 0.1) is 24.2 Å². The number of ether oxygens (including phenoxy) is 1. The lowest BCUT2D eigenvalue weighted by atomic mass is 9.96. The van der Waals surface area contributed by atoms with Gasteiger partial charge in [0.25, 0.3) is 10.0 Å². The van der Waals surface area contributed by atoms with Crippen LogP contribution in [0.1, 0.15) is 34.5 Å². The van der Waals surface area contributed by atoms with E-state index < -0.39 is 44.8 Å². The lowest BCUT2D eigenvalue weighted by Crippen LogP contribution is -2.42. The number of anilines is 1. The first-order valence-electron chi connectivity index (χ1n) is 10.1. The highest BCUT2D eigenvalue weighted by Crippen LogP contribution is 2.27. The predicted molar refractivity (Wildman–Crippen MR) is 114 cm³/mol. The monoisotopic (exact) mass is 512 g/mol. The molecule has 0 atom stereocenters. The third-order valence-electron chi connectivity index (χ3n) is 5.31. The Balaban J connectivity index is 1.65. The minimum Gasteiger partial charge on any atom is -0.478 e. The molecule has 0 bridgehead atoms. The number of piperidine rings is 1. The van der Waals surface area contributed by atoms with Gasteiger partial charge in [-0.05, 0) is 50.1 Å². The maximum Gasteiger partial charge on any atom is 0.573 e. The number of nitrogens with one attached hydrogen (secondary N) is 1. The summed E-state index contributed by atoms with van der Waals surface area (Å²) < 4.78 is 67.4. The van der Waals surface area contributed by atoms with Crippen LogP contribution in [-0.4, -0.2) is 49.8 Å². The van der Waals surface area contributed by atoms with Gasteiger partial charge in [-0.25, -0.2) is 22.9 Å². The first kappa shape index (κ1) is 25.8. The molecule has 1 aliphatic rings. The van der Waals surface area contributed by atoms with Gasteiger partial charge in [0.1, 0.15) is 17.6 Å². The minimum atomic E-state index is -4.93. The van der Waals surface area contributed by atoms with Crippen LogP contribution in [0.4, 0.5) is 19.0 Å². The Bertz CT molecular complexity index is 1280. The second-order valence-corrected chi connectivity index (χ2v) is 9.34. The van der Waals surface area contributed by atoms with Gasteiger partial charge in [-0.15, -0.1) is 13.2 Å². The summed E-state index contributed by atoms with van der Waals surface area (Å²) in [6.07, 6.45) is -4.47. The molecule has 2 heterocycles. The number of hydrogen-bond donors (Lipinski definition) is 2. The summed E-state index contributed by atoms with van der Waals surface area (Å²) in [7, 11) is -4.33. The van der Waals surface area contributed by atoms with Crippen LogP contribution in [0.25, 0.3) is 0 Å². The summed E-state index contributed by atoms with van der Waals surface area (Å²) in [5.74, 6) is -2.99. The molecule has 2 N–H and O–H groups in total. The van der Waals surface area contributed by atoms with Gasteiger partial charge in [-0.3, -0.25) is 4.79 Å². The van der Waals surface area contributed by atoms with Gasteiger partial charge in [0.05, 0.1) is 21.7 Å². The van der Waals surface area contributed by atoms with Gasteiger partial charge in [0, 0.05) is 19.0 Å². The number of carboxylic acid groups (broad SMARTS) is 1. The number of alkyl halides is 3. The van der Waals surface area contributed by atoms with Gasteiger partial charge in [0.2, 0.25) is 5.91 Å². The predicted octanol–water partition coefficient (Wildman–Crippen LogP) is 2.58. The molecular weight excluding hydrogens is 493 g/mol. The van der Waals surface area contributed by atoms with Crippen molar-refractivity contribution in [3.05, 3.63) is 47.2 Å². The number of amides is 1. The topological polar surface area (TPSA) is 150 Å². The van der Waals surface area contributed by atoms with Crippen LogP contribution in [-0.2, 0) is 14.8 Å². The Morgan fingerprint density at radius 3 is 2.34 bits per heavy atom. The number of aromatic carboxylic acids is 1. The fourth-order valence-corrected chi connectivity index (χ4v) is 4.62. The lowest BCUT2D eigenvalue weighted by molar-refractivity contribution is -0.274. The second kappa shape index (κ2) is 9.79. The molecule has 0 unspecified atom stereocenters. The van der Waals surface area contributed by atoms with Gasteiger partial charge in [-0.1, -0.05) is 0 Å². The average molecular weight is 512 g/mol. The lowest BCUT2D eigenvalue weighted by Gasteiger charge is -2.32. The number of aromatic nitrogens is 1. The molecule has 1 saturated heterocycles. The van der Waals surface area contributed by atoms with E-state index in [1.165, 1.54) is 13.0 Å². The van der Waals surface area contributed by atoms with Crippen molar-refractivity contribution in [2.45, 2.75) is 31.0 Å². The van der Waals surface area contributed by atoms with E-state index >= 15 is 0 Å². The number of benzene rings is 1. The standard InChI is InChI=1S/C21H19F3N4O6S/c1-12-17(20(30)31)10-14(11-25)18(26-12)28-8-6-13(7-9-28)19(29)27-35(32,33)16-4-2-15(3-5-16)34-21(22,23)24/h2-5,10,13H,6-9H2,1H3,(H,27,29)(H,30,31). The van der Waals surface area contributed by atoms with Crippen LogP contribution in [0.2, 0.25) is 0 Å². The van der Waals surface area contributed by atoms with E-state index in [0.29, 0.717) is 0 Å². The number of sulfonamides is 1. The van der Waals surface area contributed by atoms with E-state index in [0.717, 1.165) is 24.3 Å². The largest absolute Gasteiger partial charge is 0.573 e. The molecule has 1 aromatic heterocycles. The summed E-state index contributed by atoms with van der Waals surface area (Å²) in [6, 6.07) is 6.57. The van der Waals surface area contributed by atoms with E-state index in [1.807, 2.05) is 10.8 Å². The number of hydrogen-bond acceptors (Lipinski definition) is 8. The summed E-state index contributed by atoms with van der Waals surface area (Å²) in [5.41, 5.74) is 0.198. The fourth-order valence-electron chi connectivity index (χ4n) is 3.58. The Labute approximate surface area is 198 Å². The Morgan fingerprint density at radius 1 is 1.23 bits per heavy atom. The zero-order chi connectivity index (χ0) is 26.0. The molecule has 1 amide bonds. The van der Waals surface area contributed by atoms with Crippen LogP contribution in [0.15, 0.2) is 35.2 Å². The normalized spacial score (nSPS) is 14.8. The smallest absolute Gasteiger partial charge is 0.478 e. The molecule has 2 aromatic rings. The molecule has 0 aliphatic carbocycles. The first-order chi connectivity index (χ1) is 16.3. The molecule has 1 aromatic carbocycles. The molecule has 186 valence electrons. The summed E-state index contributed by atoms with van der Waals surface area (Å²) >= 11 is 0. The number of carbonyl (C=O) groups is 2. The maximum absolute atomic E-state index is 12.6. The molecular formula is C21H19F3N4O6S. The number of carboxylic acids is 1. The Hall–Kier alpha value is -3.86.